The Balaban J connectivity index is 1.77. The van der Waals surface area contributed by atoms with E-state index in [9.17, 15) is 18.3 Å². The Hall–Kier alpha value is -2.52. The van der Waals surface area contributed by atoms with Crippen LogP contribution in [0.5, 0.6) is 5.75 Å². The standard InChI is InChI=1S/C26H26ClNO5S2/c1-17-6-12-22(13-7-17)35(31,32)28-16-23(26(29)30)25(34-21-10-8-19(27)9-11-21)15-24(28)18-4-3-5-20(14-18)33-2/h3-14,23-25H,15-16H2,1-2H3,(H,29,30)/t23-,24+,25-/m1/s1. The number of nitrogens with zero attached hydrogens (tertiary/aromatic N) is 1. The topological polar surface area (TPSA) is 83.9 Å². The maximum Gasteiger partial charge on any atom is 0.308 e. The first-order valence-electron chi connectivity index (χ1n) is 11.1. The second-order valence-electron chi connectivity index (χ2n) is 8.47. The number of thioether (sulfide) groups is 1. The van der Waals surface area contributed by atoms with Gasteiger partial charge in [-0.15, -0.1) is 11.8 Å². The molecule has 3 aromatic carbocycles. The van der Waals surface area contributed by atoms with Crippen molar-refractivity contribution in [1.29, 1.82) is 0 Å². The molecule has 0 bridgehead atoms. The molecule has 1 saturated heterocycles. The molecule has 0 radical (unpaired) electrons. The van der Waals surface area contributed by atoms with E-state index in [1.54, 1.807) is 49.6 Å². The number of carboxylic acid groups (broad SMARTS) is 1. The number of hydrogen-bond acceptors (Lipinski definition) is 5. The van der Waals surface area contributed by atoms with Gasteiger partial charge in [0.05, 0.1) is 24.0 Å². The van der Waals surface area contributed by atoms with E-state index in [1.165, 1.54) is 16.1 Å². The lowest BCUT2D eigenvalue weighted by Crippen LogP contribution is -2.49. The third-order valence-corrected chi connectivity index (χ3v) is 9.66. The molecule has 9 heteroatoms. The average Bonchev–Trinajstić information content (AvgIpc) is 2.85. The summed E-state index contributed by atoms with van der Waals surface area (Å²) in [6, 6.07) is 20.6. The van der Waals surface area contributed by atoms with Crippen molar-refractivity contribution >= 4 is 39.4 Å². The summed E-state index contributed by atoms with van der Waals surface area (Å²) in [6.45, 7) is 1.74. The van der Waals surface area contributed by atoms with Crippen LogP contribution in [0.25, 0.3) is 0 Å². The fraction of sp³-hybridized carbons (Fsp3) is 0.269. The molecule has 35 heavy (non-hydrogen) atoms. The second kappa shape index (κ2) is 10.6. The number of aliphatic carboxylic acids is 1. The molecule has 0 unspecified atom stereocenters. The SMILES string of the molecule is COc1cccc([C@@H]2C[C@@H](Sc3ccc(Cl)cc3)[C@H](C(=O)O)CN2S(=O)(=O)c2ccc(C)cc2)c1. The zero-order valence-electron chi connectivity index (χ0n) is 19.3. The summed E-state index contributed by atoms with van der Waals surface area (Å²) >= 11 is 7.45. The molecule has 1 aliphatic rings. The number of piperidine rings is 1. The van der Waals surface area contributed by atoms with Crippen molar-refractivity contribution in [1.82, 2.24) is 4.31 Å². The highest BCUT2D eigenvalue weighted by Crippen LogP contribution is 2.44. The van der Waals surface area contributed by atoms with Crippen molar-refractivity contribution in [3.63, 3.8) is 0 Å². The van der Waals surface area contributed by atoms with E-state index in [1.807, 2.05) is 37.3 Å². The van der Waals surface area contributed by atoms with Crippen molar-refractivity contribution in [3.05, 3.63) is 88.9 Å². The average molecular weight is 532 g/mol. The summed E-state index contributed by atoms with van der Waals surface area (Å²) < 4.78 is 34.3. The van der Waals surface area contributed by atoms with Crippen LogP contribution in [-0.4, -0.2) is 42.7 Å². The molecule has 3 aromatic rings. The summed E-state index contributed by atoms with van der Waals surface area (Å²) in [4.78, 5) is 13.4. The van der Waals surface area contributed by atoms with Crippen LogP contribution in [0, 0.1) is 12.8 Å². The van der Waals surface area contributed by atoms with Crippen LogP contribution in [0.15, 0.2) is 82.6 Å². The fourth-order valence-corrected chi connectivity index (χ4v) is 7.32. The Kier molecular flexibility index (Phi) is 7.76. The lowest BCUT2D eigenvalue weighted by atomic mass is 9.90. The maximum absolute atomic E-state index is 13.8. The van der Waals surface area contributed by atoms with Crippen LogP contribution in [0.3, 0.4) is 0 Å². The Morgan fingerprint density at radius 3 is 2.40 bits per heavy atom. The highest BCUT2D eigenvalue weighted by Gasteiger charge is 2.45. The molecule has 1 heterocycles. The Labute approximate surface area is 214 Å². The number of sulfonamides is 1. The van der Waals surface area contributed by atoms with Crippen molar-refractivity contribution < 1.29 is 23.1 Å². The Morgan fingerprint density at radius 1 is 1.09 bits per heavy atom. The van der Waals surface area contributed by atoms with Crippen molar-refractivity contribution in [2.75, 3.05) is 13.7 Å². The molecule has 0 aliphatic carbocycles. The van der Waals surface area contributed by atoms with Crippen molar-refractivity contribution in [2.24, 2.45) is 5.92 Å². The lowest BCUT2D eigenvalue weighted by Gasteiger charge is -2.41. The summed E-state index contributed by atoms with van der Waals surface area (Å²) in [7, 11) is -2.41. The van der Waals surface area contributed by atoms with Gasteiger partial charge in [-0.2, -0.15) is 4.31 Å². The van der Waals surface area contributed by atoms with Crippen LogP contribution in [0.1, 0.15) is 23.6 Å². The molecule has 0 aromatic heterocycles. The van der Waals surface area contributed by atoms with Gasteiger partial charge in [0.2, 0.25) is 10.0 Å². The molecule has 4 rings (SSSR count). The minimum absolute atomic E-state index is 0.140. The molecule has 1 aliphatic heterocycles. The van der Waals surface area contributed by atoms with Crippen molar-refractivity contribution in [2.45, 2.75) is 34.4 Å². The number of ether oxygens (including phenoxy) is 1. The first kappa shape index (κ1) is 25.6. The van der Waals surface area contributed by atoms with E-state index in [0.717, 1.165) is 16.0 Å². The molecule has 0 amide bonds. The zero-order chi connectivity index (χ0) is 25.2. The predicted molar refractivity (Wildman–Crippen MR) is 138 cm³/mol. The van der Waals surface area contributed by atoms with Gasteiger partial charge in [0.1, 0.15) is 5.75 Å². The van der Waals surface area contributed by atoms with Crippen LogP contribution >= 0.6 is 23.4 Å². The molecular formula is C26H26ClNO5S2. The van der Waals surface area contributed by atoms with Gasteiger partial charge in [-0.05, 0) is 67.4 Å². The monoisotopic (exact) mass is 531 g/mol. The molecule has 1 N–H and O–H groups in total. The molecule has 1 fully saturated rings. The molecule has 0 spiro atoms. The number of carbonyl (C=O) groups is 1. The van der Waals surface area contributed by atoms with Gasteiger partial charge in [-0.3, -0.25) is 4.79 Å². The minimum atomic E-state index is -3.96. The van der Waals surface area contributed by atoms with E-state index >= 15 is 0 Å². The summed E-state index contributed by atoms with van der Waals surface area (Å²) in [5.41, 5.74) is 1.69. The minimum Gasteiger partial charge on any atom is -0.497 e. The first-order chi connectivity index (χ1) is 16.7. The van der Waals surface area contributed by atoms with Gasteiger partial charge < -0.3 is 9.84 Å². The summed E-state index contributed by atoms with van der Waals surface area (Å²) in [6.07, 6.45) is 0.322. The van der Waals surface area contributed by atoms with Gasteiger partial charge in [-0.1, -0.05) is 41.4 Å². The largest absolute Gasteiger partial charge is 0.497 e. The molecule has 6 nitrogen and oxygen atoms in total. The smallest absolute Gasteiger partial charge is 0.308 e. The normalized spacial score (nSPS) is 20.9. The van der Waals surface area contributed by atoms with Gasteiger partial charge >= 0.3 is 5.97 Å². The number of hydrogen-bond donors (Lipinski definition) is 1. The number of methoxy groups -OCH3 is 1. The number of carboxylic acids is 1. The summed E-state index contributed by atoms with van der Waals surface area (Å²) in [5, 5.41) is 10.3. The zero-order valence-corrected chi connectivity index (χ0v) is 21.7. The van der Waals surface area contributed by atoms with E-state index in [0.29, 0.717) is 17.2 Å². The predicted octanol–water partition coefficient (Wildman–Crippen LogP) is 5.65. The Morgan fingerprint density at radius 2 is 1.77 bits per heavy atom. The third kappa shape index (κ3) is 5.67. The lowest BCUT2D eigenvalue weighted by molar-refractivity contribution is -0.143. The molecular weight excluding hydrogens is 506 g/mol. The maximum atomic E-state index is 13.8. The number of halogens is 1. The second-order valence-corrected chi connectivity index (χ2v) is 12.1. The van der Waals surface area contributed by atoms with Crippen LogP contribution in [-0.2, 0) is 14.8 Å². The van der Waals surface area contributed by atoms with Crippen LogP contribution in [0.2, 0.25) is 5.02 Å². The fourth-order valence-electron chi connectivity index (χ4n) is 4.26. The van der Waals surface area contributed by atoms with Crippen LogP contribution < -0.4 is 4.74 Å². The van der Waals surface area contributed by atoms with Crippen LogP contribution in [0.4, 0.5) is 0 Å². The highest BCUT2D eigenvalue weighted by molar-refractivity contribution is 8.00. The Bertz CT molecular complexity index is 1300. The van der Waals surface area contributed by atoms with E-state index in [2.05, 4.69) is 0 Å². The van der Waals surface area contributed by atoms with Gasteiger partial charge in [0.25, 0.3) is 0 Å². The van der Waals surface area contributed by atoms with E-state index < -0.39 is 28.0 Å². The summed E-state index contributed by atoms with van der Waals surface area (Å²) in [5.74, 6) is -1.31. The number of aryl methyl sites for hydroxylation is 1. The van der Waals surface area contributed by atoms with Crippen molar-refractivity contribution in [3.8, 4) is 5.75 Å². The van der Waals surface area contributed by atoms with Gasteiger partial charge in [0.15, 0.2) is 0 Å². The number of rotatable bonds is 7. The third-order valence-electron chi connectivity index (χ3n) is 6.15. The van der Waals surface area contributed by atoms with Gasteiger partial charge in [-0.25, -0.2) is 8.42 Å². The highest BCUT2D eigenvalue weighted by atomic mass is 35.5. The molecule has 184 valence electrons. The van der Waals surface area contributed by atoms with Gasteiger partial charge in [0, 0.05) is 21.7 Å². The number of benzene rings is 3. The molecule has 3 atom stereocenters. The quantitative estimate of drug-likeness (QED) is 0.424. The van der Waals surface area contributed by atoms with E-state index in [4.69, 9.17) is 16.3 Å². The first-order valence-corrected chi connectivity index (χ1v) is 13.8. The van der Waals surface area contributed by atoms with E-state index in [-0.39, 0.29) is 16.7 Å². The molecule has 0 saturated carbocycles.